The van der Waals surface area contributed by atoms with Crippen LogP contribution in [0, 0.1) is 0 Å². The number of rotatable bonds is 5. The van der Waals surface area contributed by atoms with Crippen LogP contribution in [0.1, 0.15) is 30.6 Å². The molecule has 2 aliphatic heterocycles. The molecule has 2 heterocycles. The summed E-state index contributed by atoms with van der Waals surface area (Å²) in [5, 5.41) is 2.93. The molecule has 2 amide bonds. The molecule has 0 aromatic heterocycles. The van der Waals surface area contributed by atoms with E-state index in [0.717, 1.165) is 17.4 Å². The Morgan fingerprint density at radius 2 is 1.81 bits per heavy atom. The number of nitrogens with zero attached hydrogens (tertiary/aromatic N) is 2. The number of sulfonamides is 1. The Bertz CT molecular complexity index is 814. The minimum absolute atomic E-state index is 0.0127. The van der Waals surface area contributed by atoms with Gasteiger partial charge in [-0.15, -0.1) is 0 Å². The monoisotopic (exact) mass is 395 g/mol. The van der Waals surface area contributed by atoms with Crippen LogP contribution in [-0.2, 0) is 19.6 Å². The zero-order chi connectivity index (χ0) is 19.7. The molecular formula is C18H25N3O5S. The minimum Gasteiger partial charge on any atom is -0.379 e. The average Bonchev–Trinajstić information content (AvgIpc) is 2.93. The third-order valence-corrected chi connectivity index (χ3v) is 6.68. The molecule has 1 aromatic carbocycles. The summed E-state index contributed by atoms with van der Waals surface area (Å²) < 4.78 is 30.1. The summed E-state index contributed by atoms with van der Waals surface area (Å²) in [6.07, 6.45) is -0.0127. The van der Waals surface area contributed by atoms with Crippen molar-refractivity contribution in [1.29, 1.82) is 0 Å². The third-order valence-electron chi connectivity index (χ3n) is 4.99. The Balaban J connectivity index is 1.63. The van der Waals surface area contributed by atoms with Crippen molar-refractivity contribution in [2.24, 2.45) is 0 Å². The van der Waals surface area contributed by atoms with Gasteiger partial charge in [0.25, 0.3) is 5.91 Å². The van der Waals surface area contributed by atoms with Crippen molar-refractivity contribution < 1.29 is 22.7 Å². The van der Waals surface area contributed by atoms with Crippen LogP contribution in [0.3, 0.4) is 0 Å². The molecule has 0 spiro atoms. The van der Waals surface area contributed by atoms with Gasteiger partial charge in [-0.2, -0.15) is 0 Å². The van der Waals surface area contributed by atoms with Crippen LogP contribution in [0.25, 0.3) is 0 Å². The van der Waals surface area contributed by atoms with Crippen LogP contribution in [0.5, 0.6) is 0 Å². The van der Waals surface area contributed by atoms with E-state index in [2.05, 4.69) is 24.1 Å². The van der Waals surface area contributed by atoms with Crippen molar-refractivity contribution in [1.82, 2.24) is 10.2 Å². The standard InChI is InChI=1S/C18H25N3O5S/c1-18(2,20-8-10-26-11-9-20)13-19-17(23)14-3-5-15(6-4-14)21-16(22)7-12-27(21,24)25/h3-6H,7-13H2,1-2H3,(H,19,23). The number of hydrogen-bond donors (Lipinski definition) is 1. The second-order valence-corrected chi connectivity index (χ2v) is 9.30. The highest BCUT2D eigenvalue weighted by molar-refractivity contribution is 7.94. The number of anilines is 1. The van der Waals surface area contributed by atoms with Crippen LogP contribution in [0.4, 0.5) is 5.69 Å². The molecule has 2 aliphatic rings. The van der Waals surface area contributed by atoms with Gasteiger partial charge in [0.15, 0.2) is 0 Å². The van der Waals surface area contributed by atoms with Gasteiger partial charge in [-0.25, -0.2) is 12.7 Å². The Morgan fingerprint density at radius 3 is 2.37 bits per heavy atom. The normalized spacial score (nSPS) is 20.7. The van der Waals surface area contributed by atoms with Crippen LogP contribution >= 0.6 is 0 Å². The van der Waals surface area contributed by atoms with Gasteiger partial charge in [0.1, 0.15) is 0 Å². The Hall–Kier alpha value is -1.97. The van der Waals surface area contributed by atoms with Crippen LogP contribution in [0.15, 0.2) is 24.3 Å². The van der Waals surface area contributed by atoms with E-state index in [1.165, 1.54) is 24.3 Å². The van der Waals surface area contributed by atoms with E-state index in [4.69, 9.17) is 4.74 Å². The van der Waals surface area contributed by atoms with E-state index in [9.17, 15) is 18.0 Å². The first-order valence-corrected chi connectivity index (χ1v) is 10.6. The fraction of sp³-hybridized carbons (Fsp3) is 0.556. The molecule has 0 atom stereocenters. The molecule has 0 aliphatic carbocycles. The third kappa shape index (κ3) is 4.31. The molecule has 1 N–H and O–H groups in total. The first kappa shape index (κ1) is 19.8. The average molecular weight is 395 g/mol. The maximum Gasteiger partial charge on any atom is 0.251 e. The predicted molar refractivity (Wildman–Crippen MR) is 101 cm³/mol. The van der Waals surface area contributed by atoms with Crippen LogP contribution < -0.4 is 9.62 Å². The highest BCUT2D eigenvalue weighted by Gasteiger charge is 2.36. The van der Waals surface area contributed by atoms with E-state index in [1.54, 1.807) is 0 Å². The summed E-state index contributed by atoms with van der Waals surface area (Å²) in [5.74, 6) is -0.858. The smallest absolute Gasteiger partial charge is 0.251 e. The second kappa shape index (κ2) is 7.57. The molecule has 2 fully saturated rings. The van der Waals surface area contributed by atoms with Crippen LogP contribution in [-0.4, -0.2) is 69.3 Å². The summed E-state index contributed by atoms with van der Waals surface area (Å²) in [7, 11) is -3.60. The Morgan fingerprint density at radius 1 is 1.19 bits per heavy atom. The van der Waals surface area contributed by atoms with E-state index in [-0.39, 0.29) is 29.3 Å². The van der Waals surface area contributed by atoms with Gasteiger partial charge in [-0.05, 0) is 38.1 Å². The first-order chi connectivity index (χ1) is 12.7. The molecule has 9 heteroatoms. The summed E-state index contributed by atoms with van der Waals surface area (Å²) in [5.41, 5.74) is 0.485. The van der Waals surface area contributed by atoms with E-state index in [1.807, 2.05) is 0 Å². The lowest BCUT2D eigenvalue weighted by molar-refractivity contribution is -0.116. The molecule has 0 radical (unpaired) electrons. The van der Waals surface area contributed by atoms with E-state index in [0.29, 0.717) is 25.3 Å². The number of amides is 2. The largest absolute Gasteiger partial charge is 0.379 e. The van der Waals surface area contributed by atoms with Crippen molar-refractivity contribution >= 4 is 27.5 Å². The highest BCUT2D eigenvalue weighted by Crippen LogP contribution is 2.25. The minimum atomic E-state index is -3.60. The fourth-order valence-electron chi connectivity index (χ4n) is 3.30. The lowest BCUT2D eigenvalue weighted by atomic mass is 10.0. The topological polar surface area (TPSA) is 96.0 Å². The molecule has 148 valence electrons. The van der Waals surface area contributed by atoms with Crippen LogP contribution in [0.2, 0.25) is 0 Å². The number of hydrogen-bond acceptors (Lipinski definition) is 6. The molecule has 2 saturated heterocycles. The van der Waals surface area contributed by atoms with Crippen molar-refractivity contribution in [3.63, 3.8) is 0 Å². The van der Waals surface area contributed by atoms with Gasteiger partial charge in [-0.3, -0.25) is 14.5 Å². The number of carbonyl (C=O) groups is 2. The molecule has 1 aromatic rings. The van der Waals surface area contributed by atoms with Crippen molar-refractivity contribution in [3.05, 3.63) is 29.8 Å². The molecule has 0 bridgehead atoms. The lowest BCUT2D eigenvalue weighted by Crippen LogP contribution is -2.55. The maximum absolute atomic E-state index is 12.4. The number of ether oxygens (including phenoxy) is 1. The van der Waals surface area contributed by atoms with E-state index < -0.39 is 15.9 Å². The fourth-order valence-corrected chi connectivity index (χ4v) is 4.76. The Kier molecular flexibility index (Phi) is 5.55. The van der Waals surface area contributed by atoms with Crippen molar-refractivity contribution in [2.45, 2.75) is 25.8 Å². The number of morpholine rings is 1. The van der Waals surface area contributed by atoms with Gasteiger partial charge < -0.3 is 10.1 Å². The van der Waals surface area contributed by atoms with E-state index >= 15 is 0 Å². The molecule has 3 rings (SSSR count). The zero-order valence-corrected chi connectivity index (χ0v) is 16.4. The highest BCUT2D eigenvalue weighted by atomic mass is 32.2. The van der Waals surface area contributed by atoms with Crippen molar-refractivity contribution in [2.75, 3.05) is 42.9 Å². The molecule has 0 unspecified atom stereocenters. The Labute approximate surface area is 159 Å². The summed E-state index contributed by atoms with van der Waals surface area (Å²) in [6, 6.07) is 6.05. The molecule has 0 saturated carbocycles. The lowest BCUT2D eigenvalue weighted by Gasteiger charge is -2.40. The number of nitrogens with one attached hydrogen (secondary N) is 1. The van der Waals surface area contributed by atoms with Gasteiger partial charge in [0.2, 0.25) is 15.9 Å². The summed E-state index contributed by atoms with van der Waals surface area (Å²) in [4.78, 5) is 26.6. The van der Waals surface area contributed by atoms with Gasteiger partial charge in [0, 0.05) is 37.2 Å². The first-order valence-electron chi connectivity index (χ1n) is 8.98. The quantitative estimate of drug-likeness (QED) is 0.784. The van der Waals surface area contributed by atoms with Gasteiger partial charge in [0.05, 0.1) is 24.7 Å². The molecule has 8 nitrogen and oxygen atoms in total. The molecular weight excluding hydrogens is 370 g/mol. The number of benzene rings is 1. The van der Waals surface area contributed by atoms with Crippen molar-refractivity contribution in [3.8, 4) is 0 Å². The maximum atomic E-state index is 12.4. The zero-order valence-electron chi connectivity index (χ0n) is 15.6. The summed E-state index contributed by atoms with van der Waals surface area (Å²) >= 11 is 0. The summed E-state index contributed by atoms with van der Waals surface area (Å²) in [6.45, 7) is 7.67. The predicted octanol–water partition coefficient (Wildman–Crippen LogP) is 0.594. The van der Waals surface area contributed by atoms with Gasteiger partial charge >= 0.3 is 0 Å². The number of carbonyl (C=O) groups excluding carboxylic acids is 2. The second-order valence-electron chi connectivity index (χ2n) is 7.37. The molecule has 27 heavy (non-hydrogen) atoms. The SMILES string of the molecule is CC(C)(CNC(=O)c1ccc(N2C(=O)CCS2(=O)=O)cc1)N1CCOCC1. The van der Waals surface area contributed by atoms with Gasteiger partial charge in [-0.1, -0.05) is 0 Å².